The second kappa shape index (κ2) is 7.90. The number of rotatable bonds is 5. The summed E-state index contributed by atoms with van der Waals surface area (Å²) in [6.07, 6.45) is 4.86. The van der Waals surface area contributed by atoms with E-state index in [4.69, 9.17) is 0 Å². The molecule has 7 heteroatoms. The summed E-state index contributed by atoms with van der Waals surface area (Å²) in [5.41, 5.74) is 2.87. The van der Waals surface area contributed by atoms with E-state index in [0.717, 1.165) is 29.6 Å². The number of nitrogens with one attached hydrogen (secondary N) is 1. The molecule has 3 rings (SSSR count). The number of nitrogens with zero attached hydrogens (tertiary/aromatic N) is 4. The molecule has 2 heterocycles. The molecular formula is C17H25N5OS. The molecule has 1 aromatic carbocycles. The summed E-state index contributed by atoms with van der Waals surface area (Å²) in [7, 11) is 4.01. The molecule has 2 aromatic rings. The Kier molecular flexibility index (Phi) is 5.63. The summed E-state index contributed by atoms with van der Waals surface area (Å²) >= 11 is 1.21. The van der Waals surface area contributed by atoms with Crippen LogP contribution in [-0.2, 0) is 6.54 Å². The fourth-order valence-corrected chi connectivity index (χ4v) is 3.78. The molecule has 1 aliphatic rings. The molecule has 2 amide bonds. The van der Waals surface area contributed by atoms with E-state index in [9.17, 15) is 4.79 Å². The molecule has 1 saturated heterocycles. The number of hydrogen-bond donors (Lipinski definition) is 1. The topological polar surface area (TPSA) is 61.4 Å². The first-order chi connectivity index (χ1) is 11.6. The van der Waals surface area contributed by atoms with E-state index in [1.54, 1.807) is 4.90 Å². The highest BCUT2D eigenvalue weighted by molar-refractivity contribution is 7.00. The number of carbonyl (C=O) groups is 1. The van der Waals surface area contributed by atoms with Crippen LogP contribution in [0, 0.1) is 0 Å². The largest absolute Gasteiger partial charge is 0.338 e. The van der Waals surface area contributed by atoms with Crippen LogP contribution in [0.5, 0.6) is 0 Å². The number of urea groups is 1. The number of amides is 2. The van der Waals surface area contributed by atoms with Crippen LogP contribution in [-0.4, -0.2) is 57.8 Å². The van der Waals surface area contributed by atoms with E-state index in [-0.39, 0.29) is 6.03 Å². The van der Waals surface area contributed by atoms with Crippen LogP contribution in [0.3, 0.4) is 0 Å². The van der Waals surface area contributed by atoms with Gasteiger partial charge in [0, 0.05) is 26.2 Å². The van der Waals surface area contributed by atoms with Crippen molar-refractivity contribution in [3.8, 4) is 0 Å². The number of benzene rings is 1. The number of carbonyl (C=O) groups excluding carboxylic acids is 1. The van der Waals surface area contributed by atoms with Crippen LogP contribution in [0.2, 0.25) is 0 Å². The molecule has 0 radical (unpaired) electrons. The highest BCUT2D eigenvalue weighted by atomic mass is 32.1. The van der Waals surface area contributed by atoms with Crippen LogP contribution in [0.15, 0.2) is 18.2 Å². The van der Waals surface area contributed by atoms with E-state index in [1.165, 1.54) is 37.5 Å². The molecule has 130 valence electrons. The van der Waals surface area contributed by atoms with Crippen molar-refractivity contribution >= 4 is 28.8 Å². The zero-order valence-corrected chi connectivity index (χ0v) is 15.2. The third-order valence-electron chi connectivity index (χ3n) is 4.76. The van der Waals surface area contributed by atoms with Gasteiger partial charge >= 0.3 is 6.03 Å². The summed E-state index contributed by atoms with van der Waals surface area (Å²) in [6.45, 7) is 2.47. The second-order valence-electron chi connectivity index (χ2n) is 6.59. The fourth-order valence-electron chi connectivity index (χ4n) is 3.26. The van der Waals surface area contributed by atoms with Crippen molar-refractivity contribution in [2.75, 3.05) is 27.2 Å². The number of aromatic nitrogens is 2. The number of fused-ring (bicyclic) bond motifs is 1. The van der Waals surface area contributed by atoms with Gasteiger partial charge in [0.05, 0.1) is 11.7 Å². The van der Waals surface area contributed by atoms with E-state index in [2.05, 4.69) is 26.0 Å². The van der Waals surface area contributed by atoms with Crippen molar-refractivity contribution in [1.82, 2.24) is 23.9 Å². The minimum atomic E-state index is -0.0232. The monoisotopic (exact) mass is 347 g/mol. The summed E-state index contributed by atoms with van der Waals surface area (Å²) in [6, 6.07) is 6.54. The summed E-state index contributed by atoms with van der Waals surface area (Å²) in [4.78, 5) is 16.4. The predicted molar refractivity (Wildman–Crippen MR) is 97.2 cm³/mol. The molecule has 0 unspecified atom stereocenters. The predicted octanol–water partition coefficient (Wildman–Crippen LogP) is 2.71. The van der Waals surface area contributed by atoms with E-state index < -0.39 is 0 Å². The van der Waals surface area contributed by atoms with Crippen molar-refractivity contribution in [2.45, 2.75) is 38.3 Å². The Hall–Kier alpha value is -1.73. The molecule has 24 heavy (non-hydrogen) atoms. The maximum atomic E-state index is 12.3. The lowest BCUT2D eigenvalue weighted by Gasteiger charge is -2.32. The molecule has 1 fully saturated rings. The van der Waals surface area contributed by atoms with Gasteiger partial charge in [-0.2, -0.15) is 8.75 Å². The standard InChI is InChI=1S/C17H25N5OS/c1-21-10-4-3-5-14(21)8-9-18-17(23)22(2)12-13-6-7-15-16(11-13)20-24-19-15/h6-7,11,14H,3-5,8-10,12H2,1-2H3,(H,18,23)/t14-/m1/s1. The molecule has 0 spiro atoms. The fraction of sp³-hybridized carbons (Fsp3) is 0.588. The first-order valence-electron chi connectivity index (χ1n) is 8.54. The molecule has 0 aliphatic carbocycles. The zero-order chi connectivity index (χ0) is 16.9. The molecule has 0 bridgehead atoms. The van der Waals surface area contributed by atoms with Crippen LogP contribution >= 0.6 is 11.7 Å². The van der Waals surface area contributed by atoms with Crippen LogP contribution < -0.4 is 5.32 Å². The number of piperidine rings is 1. The van der Waals surface area contributed by atoms with Gasteiger partial charge in [-0.15, -0.1) is 0 Å². The van der Waals surface area contributed by atoms with Crippen molar-refractivity contribution in [3.63, 3.8) is 0 Å². The van der Waals surface area contributed by atoms with Gasteiger partial charge in [0.1, 0.15) is 11.0 Å². The summed E-state index contributed by atoms with van der Waals surface area (Å²) in [5, 5.41) is 3.04. The van der Waals surface area contributed by atoms with Gasteiger partial charge in [0.2, 0.25) is 0 Å². The average Bonchev–Trinajstić information content (AvgIpc) is 3.04. The Morgan fingerprint density at radius 2 is 2.21 bits per heavy atom. The van der Waals surface area contributed by atoms with E-state index in [1.807, 2.05) is 25.2 Å². The molecule has 6 nitrogen and oxygen atoms in total. The summed E-state index contributed by atoms with van der Waals surface area (Å²) in [5.74, 6) is 0. The van der Waals surface area contributed by atoms with E-state index >= 15 is 0 Å². The lowest BCUT2D eigenvalue weighted by Crippen LogP contribution is -2.41. The Labute approximate surface area is 147 Å². The van der Waals surface area contributed by atoms with Gasteiger partial charge in [-0.1, -0.05) is 12.5 Å². The Balaban J connectivity index is 1.45. The Morgan fingerprint density at radius 3 is 3.04 bits per heavy atom. The Morgan fingerprint density at radius 1 is 1.38 bits per heavy atom. The third-order valence-corrected chi connectivity index (χ3v) is 5.32. The molecule has 1 atom stereocenters. The molecule has 0 saturated carbocycles. The van der Waals surface area contributed by atoms with Crippen molar-refractivity contribution in [2.24, 2.45) is 0 Å². The van der Waals surface area contributed by atoms with Crippen LogP contribution in [0.1, 0.15) is 31.2 Å². The second-order valence-corrected chi connectivity index (χ2v) is 7.12. The SMILES string of the molecule is CN(Cc1ccc2nsnc2c1)C(=O)NCC[C@H]1CCCCN1C. The molecule has 1 aliphatic heterocycles. The first kappa shape index (κ1) is 17.1. The highest BCUT2D eigenvalue weighted by Gasteiger charge is 2.19. The minimum Gasteiger partial charge on any atom is -0.338 e. The van der Waals surface area contributed by atoms with Gasteiger partial charge in [0.15, 0.2) is 0 Å². The zero-order valence-electron chi connectivity index (χ0n) is 14.4. The normalized spacial score (nSPS) is 18.7. The van der Waals surface area contributed by atoms with Crippen molar-refractivity contribution in [1.29, 1.82) is 0 Å². The maximum absolute atomic E-state index is 12.3. The van der Waals surface area contributed by atoms with Crippen molar-refractivity contribution < 1.29 is 4.79 Å². The van der Waals surface area contributed by atoms with Crippen molar-refractivity contribution in [3.05, 3.63) is 23.8 Å². The molecular weight excluding hydrogens is 322 g/mol. The quantitative estimate of drug-likeness (QED) is 0.903. The molecule has 1 N–H and O–H groups in total. The lowest BCUT2D eigenvalue weighted by atomic mass is 10.0. The Bertz CT molecular complexity index is 688. The molecule has 1 aromatic heterocycles. The van der Waals surface area contributed by atoms with Crippen LogP contribution in [0.4, 0.5) is 4.79 Å². The van der Waals surface area contributed by atoms with Gasteiger partial charge in [-0.3, -0.25) is 0 Å². The van der Waals surface area contributed by atoms with Gasteiger partial charge in [-0.05, 0) is 50.6 Å². The lowest BCUT2D eigenvalue weighted by molar-refractivity contribution is 0.172. The third kappa shape index (κ3) is 4.21. The van der Waals surface area contributed by atoms with Gasteiger partial charge in [-0.25, -0.2) is 4.79 Å². The number of likely N-dealkylation sites (tertiary alicyclic amines) is 1. The maximum Gasteiger partial charge on any atom is 0.317 e. The number of hydrogen-bond acceptors (Lipinski definition) is 5. The van der Waals surface area contributed by atoms with E-state index in [0.29, 0.717) is 12.6 Å². The first-order valence-corrected chi connectivity index (χ1v) is 9.27. The van der Waals surface area contributed by atoms with Gasteiger partial charge in [0.25, 0.3) is 0 Å². The summed E-state index contributed by atoms with van der Waals surface area (Å²) < 4.78 is 8.45. The average molecular weight is 347 g/mol. The highest BCUT2D eigenvalue weighted by Crippen LogP contribution is 2.17. The minimum absolute atomic E-state index is 0.0232. The van der Waals surface area contributed by atoms with Gasteiger partial charge < -0.3 is 15.1 Å². The smallest absolute Gasteiger partial charge is 0.317 e. The van der Waals surface area contributed by atoms with Crippen LogP contribution in [0.25, 0.3) is 11.0 Å².